The van der Waals surface area contributed by atoms with Crippen molar-refractivity contribution >= 4 is 67.9 Å². The number of carbonyl (C=O) groups excluding carboxylic acids is 3. The molecule has 1 N–H and O–H groups in total. The van der Waals surface area contributed by atoms with Crippen LogP contribution in [0.5, 0.6) is 0 Å². The molecule has 1 aliphatic rings. The molecular weight excluding hydrogens is 518 g/mol. The highest BCUT2D eigenvalue weighted by molar-refractivity contribution is 7.11. The summed E-state index contributed by atoms with van der Waals surface area (Å²) < 4.78 is 4.31. The van der Waals surface area contributed by atoms with Gasteiger partial charge in [0.1, 0.15) is 11.4 Å². The molecule has 0 spiro atoms. The van der Waals surface area contributed by atoms with Crippen LogP contribution in [0.4, 0.5) is 27.8 Å². The van der Waals surface area contributed by atoms with Crippen LogP contribution in [-0.2, 0) is 4.79 Å². The summed E-state index contributed by atoms with van der Waals surface area (Å²) in [6.45, 7) is 2.27. The molecule has 39 heavy (non-hydrogen) atoms. The standard InChI is InChI=1S/C27H23N7O4S/c1-16(35)28-24-15-18(33(2)12-5-13-34-26(36)19-6-3-4-7-20(19)27(34)37)9-11-23(24)29-30-25-21-14-17(31-38)8-10-22(21)32-39-25/h3-4,6-11,14-15H,5,12-13H2,1-2H3,(H,28,35)/b30-29+. The first kappa shape index (κ1) is 25.8. The zero-order chi connectivity index (χ0) is 27.5. The monoisotopic (exact) mass is 541 g/mol. The number of imide groups is 1. The number of fused-ring (bicyclic) bond motifs is 2. The average molecular weight is 542 g/mol. The quantitative estimate of drug-likeness (QED) is 0.152. The van der Waals surface area contributed by atoms with Crippen LogP contribution in [0.1, 0.15) is 34.1 Å². The first-order valence-electron chi connectivity index (χ1n) is 12.1. The van der Waals surface area contributed by atoms with Crippen molar-refractivity contribution in [2.45, 2.75) is 13.3 Å². The van der Waals surface area contributed by atoms with E-state index in [1.54, 1.807) is 54.6 Å². The van der Waals surface area contributed by atoms with Crippen LogP contribution in [0.15, 0.2) is 76.1 Å². The van der Waals surface area contributed by atoms with Crippen LogP contribution in [0.25, 0.3) is 10.9 Å². The summed E-state index contributed by atoms with van der Waals surface area (Å²) in [6.07, 6.45) is 0.564. The van der Waals surface area contributed by atoms with Gasteiger partial charge in [0.2, 0.25) is 5.91 Å². The van der Waals surface area contributed by atoms with Crippen molar-refractivity contribution in [2.75, 3.05) is 30.4 Å². The number of anilines is 2. The molecule has 0 unspecified atom stereocenters. The molecule has 12 heteroatoms. The molecule has 0 saturated heterocycles. The first-order chi connectivity index (χ1) is 18.9. The maximum atomic E-state index is 12.6. The summed E-state index contributed by atoms with van der Waals surface area (Å²) in [6, 6.07) is 17.1. The third-order valence-electron chi connectivity index (χ3n) is 6.28. The van der Waals surface area contributed by atoms with Gasteiger partial charge in [-0.1, -0.05) is 12.1 Å². The lowest BCUT2D eigenvalue weighted by Gasteiger charge is -2.22. The van der Waals surface area contributed by atoms with Gasteiger partial charge in [-0.15, -0.1) is 15.1 Å². The minimum Gasteiger partial charge on any atom is -0.374 e. The molecule has 3 aromatic carbocycles. The summed E-state index contributed by atoms with van der Waals surface area (Å²) in [5.41, 5.74) is 3.56. The number of nitrogens with one attached hydrogen (secondary N) is 1. The fourth-order valence-corrected chi connectivity index (χ4v) is 5.00. The van der Waals surface area contributed by atoms with Gasteiger partial charge < -0.3 is 10.2 Å². The Hall–Kier alpha value is -4.84. The SMILES string of the molecule is CC(=O)Nc1cc(N(C)CCCN2C(=O)c3ccccc3C2=O)ccc1/N=N/c1snc2ccc(N=O)cc12. The topological polar surface area (TPSA) is 137 Å². The molecule has 0 radical (unpaired) electrons. The van der Waals surface area contributed by atoms with Crippen LogP contribution in [-0.4, -0.2) is 47.1 Å². The van der Waals surface area contributed by atoms with E-state index < -0.39 is 0 Å². The summed E-state index contributed by atoms with van der Waals surface area (Å²) in [4.78, 5) is 51.2. The summed E-state index contributed by atoms with van der Waals surface area (Å²) >= 11 is 1.14. The van der Waals surface area contributed by atoms with E-state index >= 15 is 0 Å². The van der Waals surface area contributed by atoms with Crippen molar-refractivity contribution in [3.8, 4) is 0 Å². The molecule has 1 aromatic heterocycles. The Bertz CT molecular complexity index is 1610. The lowest BCUT2D eigenvalue weighted by Crippen LogP contribution is -2.32. The molecule has 11 nitrogen and oxygen atoms in total. The van der Waals surface area contributed by atoms with Gasteiger partial charge in [-0.05, 0) is 71.7 Å². The number of nitrogens with zero attached hydrogens (tertiary/aromatic N) is 6. The number of carbonyl (C=O) groups is 3. The van der Waals surface area contributed by atoms with Crippen LogP contribution in [0.3, 0.4) is 0 Å². The maximum Gasteiger partial charge on any atom is 0.261 e. The second kappa shape index (κ2) is 10.9. The van der Waals surface area contributed by atoms with Gasteiger partial charge in [0.05, 0.1) is 22.3 Å². The highest BCUT2D eigenvalue weighted by Crippen LogP contribution is 2.36. The van der Waals surface area contributed by atoms with E-state index in [0.717, 1.165) is 17.2 Å². The number of hydrogen-bond donors (Lipinski definition) is 1. The Kier molecular flexibility index (Phi) is 7.19. The van der Waals surface area contributed by atoms with E-state index in [1.807, 2.05) is 18.0 Å². The lowest BCUT2D eigenvalue weighted by atomic mass is 10.1. The van der Waals surface area contributed by atoms with Crippen molar-refractivity contribution in [3.05, 3.63) is 76.7 Å². The number of rotatable bonds is 9. The average Bonchev–Trinajstić information content (AvgIpc) is 3.45. The highest BCUT2D eigenvalue weighted by atomic mass is 32.1. The smallest absolute Gasteiger partial charge is 0.261 e. The lowest BCUT2D eigenvalue weighted by molar-refractivity contribution is -0.114. The molecule has 5 rings (SSSR count). The van der Waals surface area contributed by atoms with Crippen molar-refractivity contribution < 1.29 is 14.4 Å². The molecule has 0 saturated carbocycles. The first-order valence-corrected chi connectivity index (χ1v) is 12.9. The number of azo groups is 1. The Morgan fingerprint density at radius 2 is 1.77 bits per heavy atom. The van der Waals surface area contributed by atoms with E-state index in [9.17, 15) is 19.3 Å². The van der Waals surface area contributed by atoms with Crippen molar-refractivity contribution in [1.82, 2.24) is 9.27 Å². The molecule has 0 fully saturated rings. The molecule has 3 amide bonds. The van der Waals surface area contributed by atoms with Crippen molar-refractivity contribution in [3.63, 3.8) is 0 Å². The molecule has 1 aliphatic heterocycles. The Morgan fingerprint density at radius 1 is 1.03 bits per heavy atom. The summed E-state index contributed by atoms with van der Waals surface area (Å²) in [7, 11) is 1.89. The van der Waals surface area contributed by atoms with Gasteiger partial charge >= 0.3 is 0 Å². The minimum atomic E-state index is -0.270. The predicted octanol–water partition coefficient (Wildman–Crippen LogP) is 6.19. The van der Waals surface area contributed by atoms with E-state index in [2.05, 4.69) is 25.1 Å². The fourth-order valence-electron chi connectivity index (χ4n) is 4.32. The molecule has 4 aromatic rings. The minimum absolute atomic E-state index is 0.262. The van der Waals surface area contributed by atoms with Gasteiger partial charge in [-0.25, -0.2) is 0 Å². The second-order valence-corrected chi connectivity index (χ2v) is 9.70. The van der Waals surface area contributed by atoms with Crippen LogP contribution in [0, 0.1) is 4.91 Å². The summed E-state index contributed by atoms with van der Waals surface area (Å²) in [5, 5.41) is 15.6. The molecule has 0 bridgehead atoms. The van der Waals surface area contributed by atoms with Crippen molar-refractivity contribution in [2.24, 2.45) is 15.4 Å². The van der Waals surface area contributed by atoms with E-state index in [4.69, 9.17) is 0 Å². The summed E-state index contributed by atoms with van der Waals surface area (Å²) in [5.74, 6) is -0.802. The Labute approximate surface area is 227 Å². The zero-order valence-corrected chi connectivity index (χ0v) is 21.9. The highest BCUT2D eigenvalue weighted by Gasteiger charge is 2.34. The molecule has 0 atom stereocenters. The zero-order valence-electron chi connectivity index (χ0n) is 21.1. The third-order valence-corrected chi connectivity index (χ3v) is 7.04. The maximum absolute atomic E-state index is 12.6. The largest absolute Gasteiger partial charge is 0.374 e. The predicted molar refractivity (Wildman–Crippen MR) is 150 cm³/mol. The van der Waals surface area contributed by atoms with E-state index in [0.29, 0.717) is 57.9 Å². The van der Waals surface area contributed by atoms with E-state index in [1.165, 1.54) is 11.8 Å². The van der Waals surface area contributed by atoms with Crippen LogP contribution in [0.2, 0.25) is 0 Å². The molecule has 196 valence electrons. The van der Waals surface area contributed by atoms with Gasteiger partial charge in [0.25, 0.3) is 11.8 Å². The number of amides is 3. The Morgan fingerprint density at radius 3 is 2.46 bits per heavy atom. The van der Waals surface area contributed by atoms with Gasteiger partial charge in [-0.2, -0.15) is 4.37 Å². The fraction of sp³-hybridized carbons (Fsp3) is 0.185. The number of aromatic nitrogens is 1. The number of nitroso groups, excluding NO2 is 1. The van der Waals surface area contributed by atoms with Crippen LogP contribution < -0.4 is 10.2 Å². The van der Waals surface area contributed by atoms with E-state index in [-0.39, 0.29) is 23.4 Å². The molecule has 0 aliphatic carbocycles. The molecular formula is C27H23N7O4S. The number of benzene rings is 3. The van der Waals surface area contributed by atoms with Gasteiger partial charge in [0, 0.05) is 38.1 Å². The van der Waals surface area contributed by atoms with Gasteiger partial charge in [0.15, 0.2) is 5.00 Å². The van der Waals surface area contributed by atoms with Crippen molar-refractivity contribution in [1.29, 1.82) is 0 Å². The second-order valence-electron chi connectivity index (χ2n) is 8.95. The van der Waals surface area contributed by atoms with Crippen LogP contribution >= 0.6 is 11.5 Å². The Balaban J connectivity index is 1.29. The third kappa shape index (κ3) is 5.27. The van der Waals surface area contributed by atoms with Gasteiger partial charge in [-0.3, -0.25) is 19.3 Å². The normalized spacial score (nSPS) is 12.8. The molecule has 2 heterocycles. The number of hydrogen-bond acceptors (Lipinski definition) is 10.